The number of rotatable bonds is 2. The van der Waals surface area contributed by atoms with Gasteiger partial charge in [-0.15, -0.1) is 0 Å². The largest absolute Gasteiger partial charge is 0.488 e. The van der Waals surface area contributed by atoms with Gasteiger partial charge < -0.3 is 27.2 Å². The summed E-state index contributed by atoms with van der Waals surface area (Å²) in [6.07, 6.45) is 0. The fraction of sp³-hybridized carbons (Fsp3) is 0. The zero-order valence-electron chi connectivity index (χ0n) is 8.71. The van der Waals surface area contributed by atoms with Crippen LogP contribution < -0.4 is 22.7 Å². The summed E-state index contributed by atoms with van der Waals surface area (Å²) in [7, 11) is -1.62. The number of guanidine groups is 2. The van der Waals surface area contributed by atoms with Gasteiger partial charge in [0.25, 0.3) is 0 Å². The maximum atomic E-state index is 8.98. The minimum Gasteiger partial charge on any atom is -0.423 e. The van der Waals surface area contributed by atoms with Gasteiger partial charge in [-0.25, -0.2) is 4.99 Å². The second-order valence-corrected chi connectivity index (χ2v) is 3.50. The summed E-state index contributed by atoms with van der Waals surface area (Å²) in [6, 6.07) is 4.27. The summed E-state index contributed by atoms with van der Waals surface area (Å²) < 4.78 is 0. The van der Waals surface area contributed by atoms with Crippen LogP contribution in [0.5, 0.6) is 0 Å². The Balaban J connectivity index is 3.13. The fourth-order valence-electron chi connectivity index (χ4n) is 1.06. The van der Waals surface area contributed by atoms with E-state index in [9.17, 15) is 0 Å². The van der Waals surface area contributed by atoms with Crippen molar-refractivity contribution < 1.29 is 10.0 Å². The highest BCUT2D eigenvalue weighted by Crippen LogP contribution is 2.22. The van der Waals surface area contributed by atoms with Crippen molar-refractivity contribution in [3.8, 4) is 0 Å². The van der Waals surface area contributed by atoms with Crippen molar-refractivity contribution in [3.05, 3.63) is 23.2 Å². The molecule has 0 heterocycles. The van der Waals surface area contributed by atoms with E-state index >= 15 is 0 Å². The number of hydrogen-bond donors (Lipinski definition) is 5. The van der Waals surface area contributed by atoms with Crippen LogP contribution in [0.25, 0.3) is 0 Å². The molecule has 0 aliphatic carbocycles. The van der Waals surface area contributed by atoms with E-state index in [0.717, 1.165) is 0 Å². The topological polar surface area (TPSA) is 143 Å². The third-order valence-corrected chi connectivity index (χ3v) is 2.07. The van der Waals surface area contributed by atoms with Crippen molar-refractivity contribution in [1.82, 2.24) is 0 Å². The zero-order valence-corrected chi connectivity index (χ0v) is 9.46. The second-order valence-electron chi connectivity index (χ2n) is 3.09. The zero-order chi connectivity index (χ0) is 13.0. The summed E-state index contributed by atoms with van der Waals surface area (Å²) in [5.74, 6) is -0.419. The Morgan fingerprint density at radius 1 is 1.24 bits per heavy atom. The number of hydrogen-bond acceptors (Lipinski definition) is 3. The lowest BCUT2D eigenvalue weighted by molar-refractivity contribution is 0.426. The number of nitrogens with zero attached hydrogens (tertiary/aromatic N) is 2. The maximum absolute atomic E-state index is 8.98. The van der Waals surface area contributed by atoms with Crippen LogP contribution in [0, 0.1) is 0 Å². The summed E-state index contributed by atoms with van der Waals surface area (Å²) in [6.45, 7) is 0. The van der Waals surface area contributed by atoms with E-state index in [1.165, 1.54) is 18.2 Å². The Bertz CT molecular complexity index is 473. The first kappa shape index (κ1) is 13.3. The van der Waals surface area contributed by atoms with Crippen molar-refractivity contribution in [2.24, 2.45) is 27.2 Å². The fourth-order valence-corrected chi connectivity index (χ4v) is 1.22. The molecule has 0 unspecified atom stereocenters. The Morgan fingerprint density at radius 2 is 1.88 bits per heavy atom. The van der Waals surface area contributed by atoms with Gasteiger partial charge in [-0.2, -0.15) is 4.99 Å². The molecule has 0 radical (unpaired) electrons. The van der Waals surface area contributed by atoms with Crippen LogP contribution >= 0.6 is 11.6 Å². The normalized spacial score (nSPS) is 11.1. The lowest BCUT2D eigenvalue weighted by atomic mass is 9.80. The third kappa shape index (κ3) is 3.95. The van der Waals surface area contributed by atoms with Crippen LogP contribution in [0.3, 0.4) is 0 Å². The molecule has 9 heteroatoms. The summed E-state index contributed by atoms with van der Waals surface area (Å²) in [4.78, 5) is 7.34. The molecular formula is C8H11BClN5O2. The molecule has 0 aliphatic heterocycles. The molecule has 1 aromatic carbocycles. The monoisotopic (exact) mass is 255 g/mol. The van der Waals surface area contributed by atoms with Crippen molar-refractivity contribution in [1.29, 1.82) is 0 Å². The Labute approximate surface area is 103 Å². The van der Waals surface area contributed by atoms with Crippen LogP contribution in [0.15, 0.2) is 28.2 Å². The molecule has 0 aromatic heterocycles. The standard InChI is InChI=1S/C8H11BClN5O2/c10-5-2-1-4(9(16)17)3-6(5)14-8(13)15-7(11)12/h1-3,16-17H,(H6,11,12,13,14,15). The number of nitrogens with two attached hydrogens (primary N) is 3. The smallest absolute Gasteiger partial charge is 0.423 e. The molecule has 8 N–H and O–H groups in total. The molecule has 0 aliphatic rings. The van der Waals surface area contributed by atoms with Crippen LogP contribution in [0.4, 0.5) is 5.69 Å². The van der Waals surface area contributed by atoms with Crippen LogP contribution in [-0.2, 0) is 0 Å². The molecular weight excluding hydrogens is 244 g/mol. The first-order valence-electron chi connectivity index (χ1n) is 4.49. The highest BCUT2D eigenvalue weighted by atomic mass is 35.5. The number of aliphatic imine (C=N–C) groups is 2. The molecule has 1 rings (SSSR count). The van der Waals surface area contributed by atoms with Crippen LogP contribution in [-0.4, -0.2) is 29.1 Å². The van der Waals surface area contributed by atoms with E-state index in [4.69, 9.17) is 38.8 Å². The van der Waals surface area contributed by atoms with Crippen molar-refractivity contribution in [2.75, 3.05) is 0 Å². The molecule has 0 saturated heterocycles. The number of benzene rings is 1. The molecule has 0 saturated carbocycles. The lowest BCUT2D eigenvalue weighted by Gasteiger charge is -2.03. The lowest BCUT2D eigenvalue weighted by Crippen LogP contribution is -2.29. The van der Waals surface area contributed by atoms with Gasteiger partial charge >= 0.3 is 7.12 Å². The van der Waals surface area contributed by atoms with Gasteiger partial charge in [0.05, 0.1) is 10.7 Å². The molecule has 0 amide bonds. The van der Waals surface area contributed by atoms with Gasteiger partial charge in [-0.3, -0.25) is 0 Å². The molecule has 1 aromatic rings. The quantitative estimate of drug-likeness (QED) is 0.242. The van der Waals surface area contributed by atoms with E-state index in [1.54, 1.807) is 0 Å². The average Bonchev–Trinajstić information content (AvgIpc) is 2.19. The first-order valence-corrected chi connectivity index (χ1v) is 4.87. The van der Waals surface area contributed by atoms with Gasteiger partial charge in [0.2, 0.25) is 5.96 Å². The van der Waals surface area contributed by atoms with Gasteiger partial charge in [0, 0.05) is 0 Å². The molecule has 7 nitrogen and oxygen atoms in total. The van der Waals surface area contributed by atoms with E-state index in [0.29, 0.717) is 0 Å². The molecule has 90 valence electrons. The van der Waals surface area contributed by atoms with Gasteiger partial charge in [-0.05, 0) is 17.6 Å². The molecule has 17 heavy (non-hydrogen) atoms. The predicted molar refractivity (Wildman–Crippen MR) is 68.4 cm³/mol. The number of halogens is 1. The van der Waals surface area contributed by atoms with E-state index < -0.39 is 7.12 Å². The Hall–Kier alpha value is -1.77. The summed E-state index contributed by atoms with van der Waals surface area (Å²) in [5, 5.41) is 18.2. The average molecular weight is 255 g/mol. The second kappa shape index (κ2) is 5.53. The highest BCUT2D eigenvalue weighted by molar-refractivity contribution is 6.58. The minimum atomic E-state index is -1.62. The Morgan fingerprint density at radius 3 is 2.41 bits per heavy atom. The van der Waals surface area contributed by atoms with Crippen molar-refractivity contribution in [3.63, 3.8) is 0 Å². The van der Waals surface area contributed by atoms with Crippen LogP contribution in [0.1, 0.15) is 0 Å². The van der Waals surface area contributed by atoms with Gasteiger partial charge in [-0.1, -0.05) is 17.7 Å². The maximum Gasteiger partial charge on any atom is 0.488 e. The van der Waals surface area contributed by atoms with Crippen molar-refractivity contribution in [2.45, 2.75) is 0 Å². The summed E-state index contributed by atoms with van der Waals surface area (Å²) in [5.41, 5.74) is 16.1. The molecule has 0 fully saturated rings. The molecule has 0 spiro atoms. The summed E-state index contributed by atoms with van der Waals surface area (Å²) >= 11 is 5.84. The molecule has 0 bridgehead atoms. The Kier molecular flexibility index (Phi) is 4.33. The molecule has 0 atom stereocenters. The van der Waals surface area contributed by atoms with E-state index in [2.05, 4.69) is 9.98 Å². The third-order valence-electron chi connectivity index (χ3n) is 1.75. The highest BCUT2D eigenvalue weighted by Gasteiger charge is 2.12. The van der Waals surface area contributed by atoms with Crippen LogP contribution in [0.2, 0.25) is 5.02 Å². The van der Waals surface area contributed by atoms with E-state index in [1.807, 2.05) is 0 Å². The van der Waals surface area contributed by atoms with Gasteiger partial charge in [0.1, 0.15) is 0 Å². The minimum absolute atomic E-state index is 0.184. The SMILES string of the molecule is NC(N)=NC(N)=Nc1cc(B(O)O)ccc1Cl. The predicted octanol–water partition coefficient (Wildman–Crippen LogP) is -1.76. The first-order chi connectivity index (χ1) is 7.90. The van der Waals surface area contributed by atoms with Gasteiger partial charge in [0.15, 0.2) is 5.96 Å². The van der Waals surface area contributed by atoms with Crippen molar-refractivity contribution >= 4 is 41.8 Å². The van der Waals surface area contributed by atoms with E-state index in [-0.39, 0.29) is 28.1 Å².